The Kier molecular flexibility index (Phi) is 7.56. The molecule has 0 aliphatic heterocycles. The Balaban J connectivity index is 0.00000261. The van der Waals surface area contributed by atoms with E-state index in [1.807, 2.05) is 18.7 Å². The summed E-state index contributed by atoms with van der Waals surface area (Å²) in [6.45, 7) is 7.10. The number of carbonyl (C=O) groups excluding carboxylic acids is 1. The summed E-state index contributed by atoms with van der Waals surface area (Å²) in [6.07, 6.45) is 0. The van der Waals surface area contributed by atoms with E-state index in [4.69, 9.17) is 5.73 Å². The van der Waals surface area contributed by atoms with E-state index in [1.165, 1.54) is 27.3 Å². The molecular weight excluding hydrogens is 398 g/mol. The average Bonchev–Trinajstić information content (AvgIpc) is 3.29. The molecule has 0 atom stereocenters. The molecule has 2 aromatic heterocycles. The summed E-state index contributed by atoms with van der Waals surface area (Å²) >= 11 is 3.16. The lowest BCUT2D eigenvalue weighted by Crippen LogP contribution is -2.36. The van der Waals surface area contributed by atoms with Gasteiger partial charge in [0.1, 0.15) is 10.7 Å². The van der Waals surface area contributed by atoms with Gasteiger partial charge in [-0.15, -0.1) is 35.1 Å². The lowest BCUT2D eigenvalue weighted by atomic mass is 10.1. The summed E-state index contributed by atoms with van der Waals surface area (Å²) in [5, 5.41) is 2.58. The number of carbonyl (C=O) groups is 1. The van der Waals surface area contributed by atoms with Gasteiger partial charge in [-0.1, -0.05) is 29.8 Å². The summed E-state index contributed by atoms with van der Waals surface area (Å²) in [4.78, 5) is 21.5. The number of benzene rings is 1. The number of halogens is 1. The first kappa shape index (κ1) is 21.6. The predicted octanol–water partition coefficient (Wildman–Crippen LogP) is 5.11. The van der Waals surface area contributed by atoms with Crippen molar-refractivity contribution in [1.29, 1.82) is 0 Å². The van der Waals surface area contributed by atoms with Gasteiger partial charge in [0.25, 0.3) is 5.91 Å². The fraction of sp³-hybridized carbons (Fsp3) is 0.300. The molecule has 1 aromatic carbocycles. The van der Waals surface area contributed by atoms with Crippen LogP contribution in [0.25, 0.3) is 10.4 Å². The molecule has 0 saturated heterocycles. The van der Waals surface area contributed by atoms with Crippen LogP contribution in [-0.2, 0) is 13.1 Å². The quantitative estimate of drug-likeness (QED) is 0.601. The predicted molar refractivity (Wildman–Crippen MR) is 117 cm³/mol. The van der Waals surface area contributed by atoms with Gasteiger partial charge in [0, 0.05) is 27.7 Å². The Hall–Kier alpha value is -1.73. The maximum Gasteiger partial charge on any atom is 0.273 e. The number of rotatable bonds is 6. The molecular formula is C20H24ClN3OS2. The average molecular weight is 422 g/mol. The Labute approximate surface area is 174 Å². The molecule has 4 nitrogen and oxygen atoms in total. The van der Waals surface area contributed by atoms with Crippen LogP contribution in [0.5, 0.6) is 0 Å². The van der Waals surface area contributed by atoms with E-state index >= 15 is 0 Å². The van der Waals surface area contributed by atoms with Crippen LogP contribution < -0.4 is 5.73 Å². The lowest BCUT2D eigenvalue weighted by molar-refractivity contribution is 0.0687. The molecule has 27 heavy (non-hydrogen) atoms. The van der Waals surface area contributed by atoms with Crippen LogP contribution in [0.1, 0.15) is 39.8 Å². The Morgan fingerprint density at radius 3 is 2.48 bits per heavy atom. The minimum Gasteiger partial charge on any atom is -0.330 e. The minimum absolute atomic E-state index is 0. The molecule has 0 aliphatic carbocycles. The summed E-state index contributed by atoms with van der Waals surface area (Å²) in [6, 6.07) is 12.8. The van der Waals surface area contributed by atoms with Crippen LogP contribution in [0.4, 0.5) is 0 Å². The zero-order valence-corrected chi connectivity index (χ0v) is 18.1. The Bertz CT molecular complexity index is 887. The summed E-state index contributed by atoms with van der Waals surface area (Å²) in [5.74, 6) is -0.0405. The van der Waals surface area contributed by atoms with Crippen LogP contribution in [0, 0.1) is 6.92 Å². The molecule has 3 rings (SSSR count). The third-order valence-corrected chi connectivity index (χ3v) is 6.14. The molecule has 7 heteroatoms. The van der Waals surface area contributed by atoms with Crippen molar-refractivity contribution in [3.05, 3.63) is 62.9 Å². The second-order valence-electron chi connectivity index (χ2n) is 6.49. The van der Waals surface area contributed by atoms with Gasteiger partial charge in [-0.25, -0.2) is 4.98 Å². The monoisotopic (exact) mass is 421 g/mol. The number of nitrogens with zero attached hydrogens (tertiary/aromatic N) is 2. The SMILES string of the molecule is Cc1ccc(-c2ccc(CN(C(=O)c3csc(CN)n3)C(C)C)s2)cc1.Cl. The molecule has 0 unspecified atom stereocenters. The van der Waals surface area contributed by atoms with Crippen molar-refractivity contribution >= 4 is 41.0 Å². The minimum atomic E-state index is -0.0405. The first-order valence-electron chi connectivity index (χ1n) is 8.59. The lowest BCUT2D eigenvalue weighted by Gasteiger charge is -2.25. The third-order valence-electron chi connectivity index (χ3n) is 4.15. The van der Waals surface area contributed by atoms with Gasteiger partial charge in [-0.3, -0.25) is 4.79 Å². The smallest absolute Gasteiger partial charge is 0.273 e. The molecule has 144 valence electrons. The van der Waals surface area contributed by atoms with Gasteiger partial charge in [0.05, 0.1) is 6.54 Å². The number of hydrogen-bond donors (Lipinski definition) is 1. The molecule has 3 aromatic rings. The van der Waals surface area contributed by atoms with Gasteiger partial charge in [0.15, 0.2) is 0 Å². The van der Waals surface area contributed by atoms with Crippen molar-refractivity contribution in [3.8, 4) is 10.4 Å². The van der Waals surface area contributed by atoms with Crippen LogP contribution in [0.3, 0.4) is 0 Å². The van der Waals surface area contributed by atoms with Gasteiger partial charge >= 0.3 is 0 Å². The summed E-state index contributed by atoms with van der Waals surface area (Å²) in [5.41, 5.74) is 8.56. The molecule has 1 amide bonds. The molecule has 0 bridgehead atoms. The third kappa shape index (κ3) is 5.17. The van der Waals surface area contributed by atoms with E-state index in [0.717, 1.165) is 9.88 Å². The molecule has 0 aliphatic rings. The Morgan fingerprint density at radius 1 is 1.19 bits per heavy atom. The standard InChI is InChI=1S/C20H23N3OS2.ClH/c1-13(2)23(20(24)17-12-25-19(10-21)22-17)11-16-8-9-18(26-16)15-6-4-14(3)5-7-15;/h4-9,12-13H,10-11,21H2,1-3H3;1H. The highest BCUT2D eigenvalue weighted by molar-refractivity contribution is 7.15. The molecule has 0 fully saturated rings. The first-order chi connectivity index (χ1) is 12.5. The van der Waals surface area contributed by atoms with E-state index in [0.29, 0.717) is 18.8 Å². The second kappa shape index (κ2) is 9.46. The number of hydrogen-bond acceptors (Lipinski definition) is 5. The zero-order chi connectivity index (χ0) is 18.7. The highest BCUT2D eigenvalue weighted by atomic mass is 35.5. The van der Waals surface area contributed by atoms with E-state index in [-0.39, 0.29) is 24.4 Å². The highest BCUT2D eigenvalue weighted by Gasteiger charge is 2.22. The van der Waals surface area contributed by atoms with Crippen molar-refractivity contribution in [2.24, 2.45) is 5.73 Å². The van der Waals surface area contributed by atoms with Crippen molar-refractivity contribution in [3.63, 3.8) is 0 Å². The number of amides is 1. The molecule has 0 saturated carbocycles. The van der Waals surface area contributed by atoms with E-state index in [2.05, 4.69) is 48.3 Å². The maximum absolute atomic E-state index is 12.9. The number of aromatic nitrogens is 1. The first-order valence-corrected chi connectivity index (χ1v) is 10.3. The number of thiazole rings is 1. The number of aryl methyl sites for hydroxylation is 1. The van der Waals surface area contributed by atoms with E-state index in [9.17, 15) is 4.79 Å². The van der Waals surface area contributed by atoms with Gasteiger partial charge in [0.2, 0.25) is 0 Å². The number of thiophene rings is 1. The van der Waals surface area contributed by atoms with Gasteiger partial charge in [-0.05, 0) is 38.5 Å². The van der Waals surface area contributed by atoms with Crippen molar-refractivity contribution < 1.29 is 4.79 Å². The van der Waals surface area contributed by atoms with Crippen LogP contribution in [-0.4, -0.2) is 21.8 Å². The van der Waals surface area contributed by atoms with Crippen LogP contribution in [0.2, 0.25) is 0 Å². The van der Waals surface area contributed by atoms with Gasteiger partial charge < -0.3 is 10.6 Å². The van der Waals surface area contributed by atoms with E-state index < -0.39 is 0 Å². The molecule has 2 N–H and O–H groups in total. The topological polar surface area (TPSA) is 59.2 Å². The van der Waals surface area contributed by atoms with E-state index in [1.54, 1.807) is 16.7 Å². The van der Waals surface area contributed by atoms with Crippen molar-refractivity contribution in [2.75, 3.05) is 0 Å². The molecule has 0 spiro atoms. The summed E-state index contributed by atoms with van der Waals surface area (Å²) < 4.78 is 0. The van der Waals surface area contributed by atoms with Crippen molar-refractivity contribution in [2.45, 2.75) is 39.9 Å². The van der Waals surface area contributed by atoms with Gasteiger partial charge in [-0.2, -0.15) is 0 Å². The molecule has 2 heterocycles. The fourth-order valence-corrected chi connectivity index (χ4v) is 4.30. The highest BCUT2D eigenvalue weighted by Crippen LogP contribution is 2.29. The van der Waals surface area contributed by atoms with Crippen molar-refractivity contribution in [1.82, 2.24) is 9.88 Å². The van der Waals surface area contributed by atoms with Crippen LogP contribution in [0.15, 0.2) is 41.8 Å². The van der Waals surface area contributed by atoms with Crippen LogP contribution >= 0.6 is 35.1 Å². The largest absolute Gasteiger partial charge is 0.330 e. The zero-order valence-electron chi connectivity index (χ0n) is 15.6. The Morgan fingerprint density at radius 2 is 1.89 bits per heavy atom. The second-order valence-corrected chi connectivity index (χ2v) is 8.60. The normalized spacial score (nSPS) is 10.7. The molecule has 0 radical (unpaired) electrons. The number of nitrogens with two attached hydrogens (primary N) is 1. The maximum atomic E-state index is 12.9. The fourth-order valence-electron chi connectivity index (χ4n) is 2.64. The summed E-state index contributed by atoms with van der Waals surface area (Å²) in [7, 11) is 0.